The van der Waals surface area contributed by atoms with Crippen LogP contribution < -0.4 is 5.32 Å². The number of benzene rings is 1. The van der Waals surface area contributed by atoms with Crippen molar-refractivity contribution in [3.8, 4) is 0 Å². The topological polar surface area (TPSA) is 66.5 Å². The maximum atomic E-state index is 12.9. The summed E-state index contributed by atoms with van der Waals surface area (Å²) in [5.41, 5.74) is 0.999. The molecule has 6 heteroatoms. The molecule has 1 heterocycles. The van der Waals surface area contributed by atoms with Crippen molar-refractivity contribution in [1.82, 2.24) is 10.2 Å². The van der Waals surface area contributed by atoms with Crippen molar-refractivity contribution in [2.75, 3.05) is 5.75 Å². The standard InChI is InChI=1S/C19H24N2O3S/c1-2-14(13-8-4-3-5-9-13)18(23)20-15-10-6-7-11-16(15)21-17(22)12-25-19(21)24/h3-5,8-9,14-16H,2,6-7,10-12H2,1H3,(H,20,23). The Morgan fingerprint density at radius 1 is 1.24 bits per heavy atom. The number of hydrogen-bond donors (Lipinski definition) is 1. The average Bonchev–Trinajstić information content (AvgIpc) is 2.96. The minimum atomic E-state index is -0.207. The molecule has 0 aromatic heterocycles. The molecule has 1 aliphatic heterocycles. The predicted molar refractivity (Wildman–Crippen MR) is 98.4 cm³/mol. The molecule has 0 spiro atoms. The van der Waals surface area contributed by atoms with Gasteiger partial charge in [0.25, 0.3) is 5.24 Å². The second kappa shape index (κ2) is 8.04. The van der Waals surface area contributed by atoms with E-state index >= 15 is 0 Å². The Kier molecular flexibility index (Phi) is 5.78. The lowest BCUT2D eigenvalue weighted by atomic mass is 9.88. The molecule has 25 heavy (non-hydrogen) atoms. The Labute approximate surface area is 152 Å². The summed E-state index contributed by atoms with van der Waals surface area (Å²) >= 11 is 1.06. The Balaban J connectivity index is 1.73. The highest BCUT2D eigenvalue weighted by Gasteiger charge is 2.41. The van der Waals surface area contributed by atoms with E-state index in [9.17, 15) is 14.4 Å². The van der Waals surface area contributed by atoms with Gasteiger partial charge in [0, 0.05) is 6.04 Å². The normalized spacial score (nSPS) is 25.1. The Hall–Kier alpha value is -1.82. The molecule has 1 aliphatic carbocycles. The maximum Gasteiger partial charge on any atom is 0.289 e. The Morgan fingerprint density at radius 3 is 2.60 bits per heavy atom. The van der Waals surface area contributed by atoms with Gasteiger partial charge in [0.15, 0.2) is 0 Å². The van der Waals surface area contributed by atoms with Gasteiger partial charge in [0.05, 0.1) is 17.7 Å². The Morgan fingerprint density at radius 2 is 1.96 bits per heavy atom. The smallest absolute Gasteiger partial charge is 0.289 e. The highest BCUT2D eigenvalue weighted by Crippen LogP contribution is 2.30. The van der Waals surface area contributed by atoms with Crippen LogP contribution in [0, 0.1) is 0 Å². The summed E-state index contributed by atoms with van der Waals surface area (Å²) in [4.78, 5) is 38.4. The number of carbonyl (C=O) groups excluding carboxylic acids is 3. The highest BCUT2D eigenvalue weighted by atomic mass is 32.2. The van der Waals surface area contributed by atoms with Gasteiger partial charge in [0.2, 0.25) is 11.8 Å². The van der Waals surface area contributed by atoms with Crippen LogP contribution in [0.2, 0.25) is 0 Å². The zero-order valence-electron chi connectivity index (χ0n) is 14.4. The van der Waals surface area contributed by atoms with E-state index in [1.165, 1.54) is 4.90 Å². The third-order valence-corrected chi connectivity index (χ3v) is 5.93. The molecule has 3 unspecified atom stereocenters. The third-order valence-electron chi connectivity index (χ3n) is 5.10. The molecular formula is C19H24N2O3S. The first-order valence-electron chi connectivity index (χ1n) is 8.96. The van der Waals surface area contributed by atoms with Crippen LogP contribution >= 0.6 is 11.8 Å². The van der Waals surface area contributed by atoms with Gasteiger partial charge in [-0.05, 0) is 24.8 Å². The summed E-state index contributed by atoms with van der Waals surface area (Å²) in [6.45, 7) is 2.00. The van der Waals surface area contributed by atoms with E-state index in [0.717, 1.165) is 43.0 Å². The molecule has 3 atom stereocenters. The van der Waals surface area contributed by atoms with Crippen molar-refractivity contribution < 1.29 is 14.4 Å². The van der Waals surface area contributed by atoms with Crippen molar-refractivity contribution >= 4 is 28.8 Å². The van der Waals surface area contributed by atoms with Crippen molar-refractivity contribution in [3.05, 3.63) is 35.9 Å². The first-order chi connectivity index (χ1) is 12.1. The van der Waals surface area contributed by atoms with Crippen LogP contribution in [0.5, 0.6) is 0 Å². The second-order valence-electron chi connectivity index (χ2n) is 6.66. The van der Waals surface area contributed by atoms with Crippen LogP contribution in [-0.4, -0.2) is 39.8 Å². The molecule has 1 aromatic rings. The van der Waals surface area contributed by atoms with Crippen LogP contribution in [0.3, 0.4) is 0 Å². The molecule has 2 fully saturated rings. The van der Waals surface area contributed by atoms with E-state index in [1.54, 1.807) is 0 Å². The van der Waals surface area contributed by atoms with Gasteiger partial charge in [0.1, 0.15) is 0 Å². The molecule has 0 bridgehead atoms. The summed E-state index contributed by atoms with van der Waals surface area (Å²) < 4.78 is 0. The quantitative estimate of drug-likeness (QED) is 0.875. The van der Waals surface area contributed by atoms with Crippen LogP contribution in [0.4, 0.5) is 4.79 Å². The molecule has 2 aliphatic rings. The average molecular weight is 360 g/mol. The largest absolute Gasteiger partial charge is 0.351 e. The third kappa shape index (κ3) is 3.89. The number of thioether (sulfide) groups is 1. The predicted octanol–water partition coefficient (Wildman–Crippen LogP) is 3.30. The van der Waals surface area contributed by atoms with E-state index in [4.69, 9.17) is 0 Å². The highest BCUT2D eigenvalue weighted by molar-refractivity contribution is 8.14. The zero-order valence-corrected chi connectivity index (χ0v) is 15.3. The SMILES string of the molecule is CCC(C(=O)NC1CCCCC1N1C(=O)CSC1=O)c1ccccc1. The molecule has 5 nitrogen and oxygen atoms in total. The van der Waals surface area contributed by atoms with E-state index < -0.39 is 0 Å². The van der Waals surface area contributed by atoms with Crippen LogP contribution in [0.25, 0.3) is 0 Å². The van der Waals surface area contributed by atoms with Crippen molar-refractivity contribution in [3.63, 3.8) is 0 Å². The monoisotopic (exact) mass is 360 g/mol. The number of hydrogen-bond acceptors (Lipinski definition) is 4. The second-order valence-corrected chi connectivity index (χ2v) is 7.58. The summed E-state index contributed by atoms with van der Waals surface area (Å²) in [6, 6.07) is 9.40. The first kappa shape index (κ1) is 18.0. The molecule has 1 saturated carbocycles. The molecule has 1 saturated heterocycles. The van der Waals surface area contributed by atoms with Crippen molar-refractivity contribution in [1.29, 1.82) is 0 Å². The van der Waals surface area contributed by atoms with E-state index in [-0.39, 0.29) is 40.8 Å². The van der Waals surface area contributed by atoms with Gasteiger partial charge in [-0.2, -0.15) is 0 Å². The fourth-order valence-electron chi connectivity index (χ4n) is 3.81. The molecule has 1 N–H and O–H groups in total. The lowest BCUT2D eigenvalue weighted by molar-refractivity contribution is -0.129. The lowest BCUT2D eigenvalue weighted by Crippen LogP contribution is -2.55. The lowest BCUT2D eigenvalue weighted by Gasteiger charge is -2.37. The summed E-state index contributed by atoms with van der Waals surface area (Å²) in [7, 11) is 0. The van der Waals surface area contributed by atoms with E-state index in [1.807, 2.05) is 37.3 Å². The molecule has 3 rings (SSSR count). The zero-order chi connectivity index (χ0) is 17.8. The van der Waals surface area contributed by atoms with Gasteiger partial charge in [-0.25, -0.2) is 0 Å². The van der Waals surface area contributed by atoms with Crippen LogP contribution in [0.1, 0.15) is 50.5 Å². The van der Waals surface area contributed by atoms with Gasteiger partial charge >= 0.3 is 0 Å². The van der Waals surface area contributed by atoms with Crippen molar-refractivity contribution in [2.24, 2.45) is 0 Å². The number of imide groups is 1. The van der Waals surface area contributed by atoms with E-state index in [0.29, 0.717) is 6.42 Å². The fraction of sp³-hybridized carbons (Fsp3) is 0.526. The van der Waals surface area contributed by atoms with Gasteiger partial charge in [-0.3, -0.25) is 19.3 Å². The number of carbonyl (C=O) groups is 3. The first-order valence-corrected chi connectivity index (χ1v) is 9.94. The molecular weight excluding hydrogens is 336 g/mol. The summed E-state index contributed by atoms with van der Waals surface area (Å²) in [5, 5.41) is 2.97. The number of rotatable bonds is 5. The summed E-state index contributed by atoms with van der Waals surface area (Å²) in [5.74, 6) is -0.130. The van der Waals surface area contributed by atoms with Crippen molar-refractivity contribution in [2.45, 2.75) is 57.0 Å². The minimum Gasteiger partial charge on any atom is -0.351 e. The van der Waals surface area contributed by atoms with Crippen LogP contribution in [0.15, 0.2) is 30.3 Å². The summed E-state index contributed by atoms with van der Waals surface area (Å²) in [6.07, 6.45) is 4.28. The number of amides is 3. The molecule has 3 amide bonds. The maximum absolute atomic E-state index is 12.9. The number of nitrogens with zero attached hydrogens (tertiary/aromatic N) is 1. The van der Waals surface area contributed by atoms with Gasteiger partial charge in [-0.1, -0.05) is 61.9 Å². The molecule has 1 aromatic carbocycles. The van der Waals surface area contributed by atoms with Gasteiger partial charge < -0.3 is 5.32 Å². The van der Waals surface area contributed by atoms with E-state index in [2.05, 4.69) is 5.32 Å². The van der Waals surface area contributed by atoms with Gasteiger partial charge in [-0.15, -0.1) is 0 Å². The Bertz CT molecular complexity index is 633. The molecule has 0 radical (unpaired) electrons. The molecule has 134 valence electrons. The van der Waals surface area contributed by atoms with Crippen LogP contribution in [-0.2, 0) is 9.59 Å². The number of nitrogens with one attached hydrogen (secondary N) is 1. The fourth-order valence-corrected chi connectivity index (χ4v) is 4.58. The minimum absolute atomic E-state index is 0.0163.